The molecule has 1 aromatic carbocycles. The Balaban J connectivity index is 2.18. The van der Waals surface area contributed by atoms with Gasteiger partial charge in [0.1, 0.15) is 24.4 Å². The standard InChI is InChI=1S/C13H13F5N2O2/c14-3-10(12(17)18)19-13(22)7-1-9(16)11(2-8(7)15)20-4-6(21)5-20/h1-2,6,10,12,21H,3-5H2,(H,19,22). The molecule has 0 bridgehead atoms. The molecule has 1 fully saturated rings. The summed E-state index contributed by atoms with van der Waals surface area (Å²) in [5.74, 6) is -3.39. The zero-order chi connectivity index (χ0) is 16.4. The normalized spacial score (nSPS) is 16.6. The number of halogens is 5. The molecule has 0 radical (unpaired) electrons. The second-order valence-corrected chi connectivity index (χ2v) is 4.91. The van der Waals surface area contributed by atoms with Gasteiger partial charge in [-0.2, -0.15) is 0 Å². The predicted molar refractivity (Wildman–Crippen MR) is 67.8 cm³/mol. The number of nitrogens with one attached hydrogen (secondary N) is 1. The summed E-state index contributed by atoms with van der Waals surface area (Å²) in [7, 11) is 0. The number of carbonyl (C=O) groups is 1. The minimum absolute atomic E-state index is 0.122. The average Bonchev–Trinajstić information content (AvgIpc) is 2.43. The number of carbonyl (C=O) groups excluding carboxylic acids is 1. The van der Waals surface area contributed by atoms with Crippen LogP contribution in [0.15, 0.2) is 12.1 Å². The van der Waals surface area contributed by atoms with E-state index in [9.17, 15) is 26.7 Å². The van der Waals surface area contributed by atoms with Crippen LogP contribution in [-0.4, -0.2) is 49.3 Å². The first-order valence-corrected chi connectivity index (χ1v) is 6.40. The first-order chi connectivity index (χ1) is 10.3. The molecule has 9 heteroatoms. The van der Waals surface area contributed by atoms with Gasteiger partial charge in [0, 0.05) is 19.2 Å². The number of anilines is 1. The van der Waals surface area contributed by atoms with Gasteiger partial charge in [0.05, 0.1) is 17.4 Å². The number of β-amino-alcohol motifs (C(OH)–C–C–N with tert-alkyl or cyclic N) is 1. The summed E-state index contributed by atoms with van der Waals surface area (Å²) >= 11 is 0. The van der Waals surface area contributed by atoms with E-state index in [-0.39, 0.29) is 18.8 Å². The highest BCUT2D eigenvalue weighted by Crippen LogP contribution is 2.27. The van der Waals surface area contributed by atoms with Gasteiger partial charge in [-0.1, -0.05) is 0 Å². The second kappa shape index (κ2) is 6.47. The van der Waals surface area contributed by atoms with Gasteiger partial charge in [0.25, 0.3) is 12.3 Å². The molecular weight excluding hydrogens is 311 g/mol. The van der Waals surface area contributed by atoms with Crippen LogP contribution in [0.2, 0.25) is 0 Å². The molecule has 0 spiro atoms. The summed E-state index contributed by atoms with van der Waals surface area (Å²) in [6.45, 7) is -1.29. The number of nitrogens with zero attached hydrogens (tertiary/aromatic N) is 1. The summed E-state index contributed by atoms with van der Waals surface area (Å²) in [6.07, 6.45) is -3.80. The molecular formula is C13H13F5N2O2. The van der Waals surface area contributed by atoms with Crippen molar-refractivity contribution in [3.63, 3.8) is 0 Å². The molecule has 1 saturated heterocycles. The smallest absolute Gasteiger partial charge is 0.261 e. The third kappa shape index (κ3) is 3.29. The Kier molecular flexibility index (Phi) is 4.84. The van der Waals surface area contributed by atoms with Crippen molar-refractivity contribution < 1.29 is 31.9 Å². The van der Waals surface area contributed by atoms with E-state index in [0.29, 0.717) is 6.07 Å². The molecule has 1 unspecified atom stereocenters. The van der Waals surface area contributed by atoms with Crippen LogP contribution >= 0.6 is 0 Å². The van der Waals surface area contributed by atoms with Crippen molar-refractivity contribution in [2.75, 3.05) is 24.7 Å². The summed E-state index contributed by atoms with van der Waals surface area (Å²) < 4.78 is 64.8. The molecule has 1 aliphatic rings. The lowest BCUT2D eigenvalue weighted by Crippen LogP contribution is -2.51. The molecule has 2 rings (SSSR count). The maximum Gasteiger partial charge on any atom is 0.261 e. The molecule has 4 nitrogen and oxygen atoms in total. The number of rotatable bonds is 5. The Morgan fingerprint density at radius 3 is 2.45 bits per heavy atom. The first kappa shape index (κ1) is 16.5. The number of aliphatic hydroxyl groups excluding tert-OH is 1. The van der Waals surface area contributed by atoms with Crippen LogP contribution in [0.5, 0.6) is 0 Å². The minimum atomic E-state index is -3.16. The summed E-state index contributed by atoms with van der Waals surface area (Å²) in [4.78, 5) is 13.0. The van der Waals surface area contributed by atoms with E-state index in [4.69, 9.17) is 5.11 Å². The van der Waals surface area contributed by atoms with Crippen LogP contribution in [0, 0.1) is 11.6 Å². The first-order valence-electron chi connectivity index (χ1n) is 6.40. The van der Waals surface area contributed by atoms with E-state index in [1.165, 1.54) is 4.90 Å². The molecule has 22 heavy (non-hydrogen) atoms. The Morgan fingerprint density at radius 2 is 1.95 bits per heavy atom. The topological polar surface area (TPSA) is 52.6 Å². The lowest BCUT2D eigenvalue weighted by Gasteiger charge is -2.38. The van der Waals surface area contributed by atoms with E-state index in [1.54, 1.807) is 5.32 Å². The maximum atomic E-state index is 13.9. The van der Waals surface area contributed by atoms with Gasteiger partial charge in [-0.3, -0.25) is 4.79 Å². The van der Waals surface area contributed by atoms with Gasteiger partial charge < -0.3 is 15.3 Å². The van der Waals surface area contributed by atoms with Crippen LogP contribution in [0.4, 0.5) is 27.6 Å². The van der Waals surface area contributed by atoms with Crippen molar-refractivity contribution in [3.8, 4) is 0 Å². The van der Waals surface area contributed by atoms with Gasteiger partial charge in [-0.05, 0) is 6.07 Å². The predicted octanol–water partition coefficient (Wildman–Crippen LogP) is 1.48. The minimum Gasteiger partial charge on any atom is -0.389 e. The SMILES string of the molecule is O=C(NC(CF)C(F)F)c1cc(F)c(N2CC(O)C2)cc1F. The molecule has 0 saturated carbocycles. The number of alkyl halides is 3. The van der Waals surface area contributed by atoms with E-state index >= 15 is 0 Å². The largest absolute Gasteiger partial charge is 0.389 e. The van der Waals surface area contributed by atoms with Crippen molar-refractivity contribution in [2.45, 2.75) is 18.6 Å². The number of aliphatic hydroxyl groups is 1. The van der Waals surface area contributed by atoms with Crippen LogP contribution in [-0.2, 0) is 0 Å². The molecule has 0 aromatic heterocycles. The van der Waals surface area contributed by atoms with Crippen molar-refractivity contribution >= 4 is 11.6 Å². The third-order valence-corrected chi connectivity index (χ3v) is 3.27. The molecule has 0 aliphatic carbocycles. The highest BCUT2D eigenvalue weighted by Gasteiger charge is 2.29. The Labute approximate surface area is 122 Å². The van der Waals surface area contributed by atoms with Gasteiger partial charge in [-0.25, -0.2) is 22.0 Å². The van der Waals surface area contributed by atoms with E-state index < -0.39 is 48.4 Å². The van der Waals surface area contributed by atoms with Crippen LogP contribution in [0.25, 0.3) is 0 Å². The van der Waals surface area contributed by atoms with Crippen LogP contribution in [0.3, 0.4) is 0 Å². The fourth-order valence-corrected chi connectivity index (χ4v) is 2.02. The van der Waals surface area contributed by atoms with Crippen molar-refractivity contribution in [1.29, 1.82) is 0 Å². The number of benzene rings is 1. The zero-order valence-corrected chi connectivity index (χ0v) is 11.2. The van der Waals surface area contributed by atoms with Crippen molar-refractivity contribution in [1.82, 2.24) is 5.32 Å². The van der Waals surface area contributed by atoms with Crippen molar-refractivity contribution in [3.05, 3.63) is 29.3 Å². The number of hydrogen-bond donors (Lipinski definition) is 2. The van der Waals surface area contributed by atoms with Crippen LogP contribution < -0.4 is 10.2 Å². The molecule has 1 aromatic rings. The fourth-order valence-electron chi connectivity index (χ4n) is 2.02. The molecule has 2 N–H and O–H groups in total. The lowest BCUT2D eigenvalue weighted by molar-refractivity contribution is 0.0678. The molecule has 122 valence electrons. The fraction of sp³-hybridized carbons (Fsp3) is 0.462. The second-order valence-electron chi connectivity index (χ2n) is 4.91. The highest BCUT2D eigenvalue weighted by atomic mass is 19.3. The molecule has 1 aliphatic heterocycles. The highest BCUT2D eigenvalue weighted by molar-refractivity contribution is 5.95. The van der Waals surface area contributed by atoms with Crippen molar-refractivity contribution in [2.24, 2.45) is 0 Å². The zero-order valence-electron chi connectivity index (χ0n) is 11.2. The van der Waals surface area contributed by atoms with E-state index in [0.717, 1.165) is 6.07 Å². The van der Waals surface area contributed by atoms with E-state index in [1.807, 2.05) is 0 Å². The Bertz CT molecular complexity index is 564. The number of hydrogen-bond acceptors (Lipinski definition) is 3. The van der Waals surface area contributed by atoms with Gasteiger partial charge in [0.2, 0.25) is 0 Å². The summed E-state index contributed by atoms with van der Waals surface area (Å²) in [5.41, 5.74) is -0.934. The summed E-state index contributed by atoms with van der Waals surface area (Å²) in [6, 6.07) is -0.783. The Hall–Kier alpha value is -1.90. The lowest BCUT2D eigenvalue weighted by atomic mass is 10.1. The Morgan fingerprint density at radius 1 is 1.32 bits per heavy atom. The average molecular weight is 324 g/mol. The number of amides is 1. The summed E-state index contributed by atoms with van der Waals surface area (Å²) in [5, 5.41) is 10.7. The molecule has 1 atom stereocenters. The van der Waals surface area contributed by atoms with Gasteiger partial charge in [-0.15, -0.1) is 0 Å². The van der Waals surface area contributed by atoms with Gasteiger partial charge in [0.15, 0.2) is 0 Å². The quantitative estimate of drug-likeness (QED) is 0.807. The van der Waals surface area contributed by atoms with E-state index in [2.05, 4.69) is 0 Å². The van der Waals surface area contributed by atoms with Crippen LogP contribution in [0.1, 0.15) is 10.4 Å². The molecule has 1 heterocycles. The monoisotopic (exact) mass is 324 g/mol. The third-order valence-electron chi connectivity index (χ3n) is 3.27. The van der Waals surface area contributed by atoms with Gasteiger partial charge >= 0.3 is 0 Å². The maximum absolute atomic E-state index is 13.9. The molecule has 1 amide bonds.